The van der Waals surface area contributed by atoms with Crippen LogP contribution in [-0.2, 0) is 10.0 Å². The number of nitro benzene ring substituents is 1. The first-order valence-corrected chi connectivity index (χ1v) is 10.3. The second-order valence-electron chi connectivity index (χ2n) is 6.89. The van der Waals surface area contributed by atoms with Gasteiger partial charge < -0.3 is 4.90 Å². The van der Waals surface area contributed by atoms with Gasteiger partial charge in [0.15, 0.2) is 0 Å². The van der Waals surface area contributed by atoms with Gasteiger partial charge in [-0.15, -0.1) is 0 Å². The van der Waals surface area contributed by atoms with E-state index < -0.39 is 14.9 Å². The van der Waals surface area contributed by atoms with Gasteiger partial charge in [0, 0.05) is 44.0 Å². The summed E-state index contributed by atoms with van der Waals surface area (Å²) in [5, 5.41) is 10.8. The standard InChI is InChI=1S/C19H23N3O4S/c1-15(2)16-3-9-19(10-4-16)27(25,26)21-13-11-20(12-14-21)17-5-7-18(8-6-17)22(23)24/h3-10,15H,11-14H2,1-2H3. The summed E-state index contributed by atoms with van der Waals surface area (Å²) in [6, 6.07) is 13.4. The molecule has 7 nitrogen and oxygen atoms in total. The monoisotopic (exact) mass is 389 g/mol. The molecule has 0 spiro atoms. The van der Waals surface area contributed by atoms with Crippen molar-refractivity contribution in [2.75, 3.05) is 31.1 Å². The van der Waals surface area contributed by atoms with Crippen molar-refractivity contribution in [2.45, 2.75) is 24.7 Å². The van der Waals surface area contributed by atoms with Crippen LogP contribution < -0.4 is 4.90 Å². The highest BCUT2D eigenvalue weighted by atomic mass is 32.2. The summed E-state index contributed by atoms with van der Waals surface area (Å²) in [5.41, 5.74) is 2.01. The third-order valence-electron chi connectivity index (χ3n) is 4.85. The molecule has 3 rings (SSSR count). The van der Waals surface area contributed by atoms with E-state index in [0.717, 1.165) is 11.3 Å². The van der Waals surface area contributed by atoms with Crippen molar-refractivity contribution in [1.82, 2.24) is 4.31 Å². The summed E-state index contributed by atoms with van der Waals surface area (Å²) in [7, 11) is -3.51. The number of sulfonamides is 1. The van der Waals surface area contributed by atoms with Gasteiger partial charge in [0.2, 0.25) is 10.0 Å². The fraction of sp³-hybridized carbons (Fsp3) is 0.368. The van der Waals surface area contributed by atoms with Crippen LogP contribution in [0.2, 0.25) is 0 Å². The van der Waals surface area contributed by atoms with Gasteiger partial charge in [0.25, 0.3) is 5.69 Å². The Hall–Kier alpha value is -2.45. The highest BCUT2D eigenvalue weighted by Gasteiger charge is 2.28. The van der Waals surface area contributed by atoms with E-state index in [1.54, 1.807) is 24.3 Å². The average molecular weight is 389 g/mol. The van der Waals surface area contributed by atoms with Gasteiger partial charge in [-0.3, -0.25) is 10.1 Å². The van der Waals surface area contributed by atoms with E-state index in [9.17, 15) is 18.5 Å². The molecular formula is C19H23N3O4S. The van der Waals surface area contributed by atoms with Crippen molar-refractivity contribution >= 4 is 21.4 Å². The third kappa shape index (κ3) is 4.12. The zero-order valence-corrected chi connectivity index (χ0v) is 16.2. The molecule has 1 heterocycles. The zero-order chi connectivity index (χ0) is 19.6. The zero-order valence-electron chi connectivity index (χ0n) is 15.4. The number of hydrogen-bond donors (Lipinski definition) is 0. The minimum absolute atomic E-state index is 0.0461. The van der Waals surface area contributed by atoms with Crippen molar-refractivity contribution in [3.8, 4) is 0 Å². The van der Waals surface area contributed by atoms with Crippen LogP contribution in [0.4, 0.5) is 11.4 Å². The minimum atomic E-state index is -3.51. The van der Waals surface area contributed by atoms with Crippen LogP contribution >= 0.6 is 0 Å². The molecule has 0 aliphatic carbocycles. The number of nitrogens with zero attached hydrogens (tertiary/aromatic N) is 3. The van der Waals surface area contributed by atoms with E-state index in [1.807, 2.05) is 17.0 Å². The number of nitro groups is 1. The van der Waals surface area contributed by atoms with Crippen LogP contribution in [0, 0.1) is 10.1 Å². The molecular weight excluding hydrogens is 366 g/mol. The normalized spacial score (nSPS) is 15.9. The van der Waals surface area contributed by atoms with Crippen molar-refractivity contribution in [2.24, 2.45) is 0 Å². The first-order valence-electron chi connectivity index (χ1n) is 8.88. The Morgan fingerprint density at radius 1 is 0.926 bits per heavy atom. The molecule has 0 saturated carbocycles. The highest BCUT2D eigenvalue weighted by molar-refractivity contribution is 7.89. The SMILES string of the molecule is CC(C)c1ccc(S(=O)(=O)N2CCN(c3ccc([N+](=O)[O-])cc3)CC2)cc1. The van der Waals surface area contributed by atoms with Crippen LogP contribution in [0.5, 0.6) is 0 Å². The molecule has 0 aromatic heterocycles. The van der Waals surface area contributed by atoms with Gasteiger partial charge >= 0.3 is 0 Å². The molecule has 0 N–H and O–H groups in total. The lowest BCUT2D eigenvalue weighted by atomic mass is 10.0. The lowest BCUT2D eigenvalue weighted by molar-refractivity contribution is -0.384. The molecule has 27 heavy (non-hydrogen) atoms. The summed E-state index contributed by atoms with van der Waals surface area (Å²) >= 11 is 0. The molecule has 1 saturated heterocycles. The van der Waals surface area contributed by atoms with Crippen LogP contribution in [0.15, 0.2) is 53.4 Å². The van der Waals surface area contributed by atoms with Crippen LogP contribution in [0.25, 0.3) is 0 Å². The van der Waals surface area contributed by atoms with Crippen molar-refractivity contribution in [3.05, 3.63) is 64.2 Å². The van der Waals surface area contributed by atoms with E-state index in [0.29, 0.717) is 37.0 Å². The minimum Gasteiger partial charge on any atom is -0.369 e. The summed E-state index contributed by atoms with van der Waals surface area (Å²) in [6.07, 6.45) is 0. The largest absolute Gasteiger partial charge is 0.369 e. The molecule has 8 heteroatoms. The summed E-state index contributed by atoms with van der Waals surface area (Å²) in [5.74, 6) is 0.354. The Morgan fingerprint density at radius 3 is 1.96 bits per heavy atom. The number of anilines is 1. The predicted octanol–water partition coefficient (Wildman–Crippen LogP) is 3.23. The van der Waals surface area contributed by atoms with Gasteiger partial charge in [0.1, 0.15) is 0 Å². The quantitative estimate of drug-likeness (QED) is 0.579. The van der Waals surface area contributed by atoms with E-state index in [1.165, 1.54) is 16.4 Å². The first kappa shape index (κ1) is 19.3. The second kappa shape index (κ2) is 7.66. The van der Waals surface area contributed by atoms with Gasteiger partial charge in [-0.2, -0.15) is 4.31 Å². The van der Waals surface area contributed by atoms with Gasteiger partial charge in [-0.25, -0.2) is 8.42 Å². The van der Waals surface area contributed by atoms with Crippen molar-refractivity contribution < 1.29 is 13.3 Å². The van der Waals surface area contributed by atoms with E-state index in [4.69, 9.17) is 0 Å². The number of non-ortho nitro benzene ring substituents is 1. The number of hydrogen-bond acceptors (Lipinski definition) is 5. The number of piperazine rings is 1. The van der Waals surface area contributed by atoms with E-state index in [2.05, 4.69) is 13.8 Å². The molecule has 0 unspecified atom stereocenters. The number of benzene rings is 2. The van der Waals surface area contributed by atoms with Crippen molar-refractivity contribution in [1.29, 1.82) is 0 Å². The second-order valence-corrected chi connectivity index (χ2v) is 8.83. The van der Waals surface area contributed by atoms with Gasteiger partial charge in [-0.05, 0) is 35.7 Å². The molecule has 1 aliphatic heterocycles. The Balaban J connectivity index is 1.68. The smallest absolute Gasteiger partial charge is 0.269 e. The molecule has 0 amide bonds. The van der Waals surface area contributed by atoms with Crippen molar-refractivity contribution in [3.63, 3.8) is 0 Å². The van der Waals surface area contributed by atoms with E-state index >= 15 is 0 Å². The molecule has 0 bridgehead atoms. The van der Waals surface area contributed by atoms with Crippen LogP contribution in [-0.4, -0.2) is 43.8 Å². The highest BCUT2D eigenvalue weighted by Crippen LogP contribution is 2.24. The lowest BCUT2D eigenvalue weighted by Gasteiger charge is -2.35. The average Bonchev–Trinajstić information content (AvgIpc) is 2.68. The molecule has 1 fully saturated rings. The molecule has 2 aromatic carbocycles. The maximum absolute atomic E-state index is 12.9. The maximum atomic E-state index is 12.9. The Labute approximate surface area is 159 Å². The molecule has 144 valence electrons. The maximum Gasteiger partial charge on any atom is 0.269 e. The molecule has 1 aliphatic rings. The van der Waals surface area contributed by atoms with Crippen LogP contribution in [0.3, 0.4) is 0 Å². The fourth-order valence-electron chi connectivity index (χ4n) is 3.15. The topological polar surface area (TPSA) is 83.8 Å². The first-order chi connectivity index (χ1) is 12.8. The predicted molar refractivity (Wildman–Crippen MR) is 105 cm³/mol. The molecule has 2 aromatic rings. The summed E-state index contributed by atoms with van der Waals surface area (Å²) < 4.78 is 27.2. The Bertz CT molecular complexity index is 901. The summed E-state index contributed by atoms with van der Waals surface area (Å²) in [6.45, 7) is 5.99. The van der Waals surface area contributed by atoms with Gasteiger partial charge in [0.05, 0.1) is 9.82 Å². The van der Waals surface area contributed by atoms with E-state index in [-0.39, 0.29) is 5.69 Å². The number of rotatable bonds is 5. The Kier molecular flexibility index (Phi) is 5.48. The lowest BCUT2D eigenvalue weighted by Crippen LogP contribution is -2.48. The third-order valence-corrected chi connectivity index (χ3v) is 6.76. The fourth-order valence-corrected chi connectivity index (χ4v) is 4.57. The molecule has 0 radical (unpaired) electrons. The molecule has 0 atom stereocenters. The van der Waals surface area contributed by atoms with Crippen LogP contribution in [0.1, 0.15) is 25.3 Å². The van der Waals surface area contributed by atoms with Gasteiger partial charge in [-0.1, -0.05) is 26.0 Å². The Morgan fingerprint density at radius 2 is 1.48 bits per heavy atom. The summed E-state index contributed by atoms with van der Waals surface area (Å²) in [4.78, 5) is 12.7.